The minimum Gasteiger partial charge on any atom is -0.271 e. The summed E-state index contributed by atoms with van der Waals surface area (Å²) in [6.45, 7) is -0.620. The first kappa shape index (κ1) is 18.8. The van der Waals surface area contributed by atoms with Crippen LogP contribution in [-0.2, 0) is 4.79 Å². The molecule has 1 aliphatic heterocycles. The summed E-state index contributed by atoms with van der Waals surface area (Å²) in [6, 6.07) is 7.15. The predicted octanol–water partition coefficient (Wildman–Crippen LogP) is 2.19. The second-order valence-corrected chi connectivity index (χ2v) is 6.33. The van der Waals surface area contributed by atoms with Crippen LogP contribution >= 0.6 is 23.2 Å². The molecule has 0 saturated carbocycles. The van der Waals surface area contributed by atoms with Crippen molar-refractivity contribution in [3.8, 4) is 0 Å². The Morgan fingerprint density at radius 3 is 1.96 bits per heavy atom. The van der Waals surface area contributed by atoms with Crippen LogP contribution in [0.3, 0.4) is 0 Å². The summed E-state index contributed by atoms with van der Waals surface area (Å²) in [6.07, 6.45) is 0. The van der Waals surface area contributed by atoms with Crippen LogP contribution in [0.15, 0.2) is 36.4 Å². The lowest BCUT2D eigenvalue weighted by Crippen LogP contribution is -2.47. The van der Waals surface area contributed by atoms with E-state index in [1.165, 1.54) is 24.3 Å². The van der Waals surface area contributed by atoms with Gasteiger partial charge in [0.15, 0.2) is 0 Å². The molecule has 7 nitrogen and oxygen atoms in total. The number of fused-ring (bicyclic) bond motifs is 1. The lowest BCUT2D eigenvalue weighted by molar-refractivity contribution is -0.122. The highest BCUT2D eigenvalue weighted by Gasteiger charge is 2.37. The first-order valence-corrected chi connectivity index (χ1v) is 8.23. The van der Waals surface area contributed by atoms with E-state index in [0.717, 1.165) is 12.1 Å². The van der Waals surface area contributed by atoms with Crippen molar-refractivity contribution in [1.82, 2.24) is 15.8 Å². The number of nitrogens with zero attached hydrogens (tertiary/aromatic N) is 1. The van der Waals surface area contributed by atoms with E-state index in [1.807, 2.05) is 0 Å². The highest BCUT2D eigenvalue weighted by molar-refractivity contribution is 6.43. The summed E-state index contributed by atoms with van der Waals surface area (Å²) in [5.41, 5.74) is 4.38. The summed E-state index contributed by atoms with van der Waals surface area (Å²) in [5.74, 6) is -3.41. The number of benzene rings is 2. The minimum absolute atomic E-state index is 0.0394. The Kier molecular flexibility index (Phi) is 5.11. The number of carbonyl (C=O) groups excluding carboxylic acids is 4. The number of hydrogen-bond donors (Lipinski definition) is 2. The lowest BCUT2D eigenvalue weighted by Gasteiger charge is -2.14. The van der Waals surface area contributed by atoms with Gasteiger partial charge in [0, 0.05) is 5.56 Å². The SMILES string of the molecule is O=C(CN1C(=O)c2cc(Cl)c(Cl)cc2C1=O)NNC(=O)c1ccc(F)cc1. The Hall–Kier alpha value is -2.97. The summed E-state index contributed by atoms with van der Waals surface area (Å²) >= 11 is 11.7. The average molecular weight is 410 g/mol. The number of halogens is 3. The molecule has 0 radical (unpaired) electrons. The second-order valence-electron chi connectivity index (χ2n) is 5.52. The summed E-state index contributed by atoms with van der Waals surface area (Å²) < 4.78 is 12.8. The van der Waals surface area contributed by atoms with Crippen molar-refractivity contribution in [2.24, 2.45) is 0 Å². The Bertz CT molecular complexity index is 938. The van der Waals surface area contributed by atoms with Crippen LogP contribution in [0.5, 0.6) is 0 Å². The van der Waals surface area contributed by atoms with Gasteiger partial charge in [-0.1, -0.05) is 23.2 Å². The second kappa shape index (κ2) is 7.34. The highest BCUT2D eigenvalue weighted by atomic mass is 35.5. The van der Waals surface area contributed by atoms with Crippen LogP contribution in [0.25, 0.3) is 0 Å². The molecule has 2 aromatic rings. The molecule has 2 aromatic carbocycles. The van der Waals surface area contributed by atoms with Crippen molar-refractivity contribution < 1.29 is 23.6 Å². The van der Waals surface area contributed by atoms with Crippen molar-refractivity contribution in [3.63, 3.8) is 0 Å². The topological polar surface area (TPSA) is 95.6 Å². The van der Waals surface area contributed by atoms with Crippen LogP contribution in [0, 0.1) is 5.82 Å². The molecule has 0 aromatic heterocycles. The van der Waals surface area contributed by atoms with Crippen molar-refractivity contribution in [2.45, 2.75) is 0 Å². The Labute approximate surface area is 162 Å². The smallest absolute Gasteiger partial charge is 0.269 e. The molecule has 0 unspecified atom stereocenters. The molecule has 2 N–H and O–H groups in total. The van der Waals surface area contributed by atoms with Gasteiger partial charge in [0.1, 0.15) is 12.4 Å². The van der Waals surface area contributed by atoms with Crippen molar-refractivity contribution in [1.29, 1.82) is 0 Å². The largest absolute Gasteiger partial charge is 0.271 e. The van der Waals surface area contributed by atoms with Gasteiger partial charge in [-0.25, -0.2) is 4.39 Å². The summed E-state index contributed by atoms with van der Waals surface area (Å²) in [5, 5.41) is 0.212. The number of carbonyl (C=O) groups is 4. The number of imide groups is 1. The molecule has 1 heterocycles. The monoisotopic (exact) mass is 409 g/mol. The lowest BCUT2D eigenvalue weighted by atomic mass is 10.1. The summed E-state index contributed by atoms with van der Waals surface area (Å²) in [4.78, 5) is 49.1. The van der Waals surface area contributed by atoms with E-state index in [2.05, 4.69) is 10.9 Å². The third-order valence-electron chi connectivity index (χ3n) is 3.74. The normalized spacial score (nSPS) is 12.8. The zero-order valence-electron chi connectivity index (χ0n) is 13.4. The quantitative estimate of drug-likeness (QED) is 0.599. The highest BCUT2D eigenvalue weighted by Crippen LogP contribution is 2.31. The standard InChI is InChI=1S/C17H10Cl2FN3O4/c18-12-5-10-11(6-13(12)19)17(27)23(16(10)26)7-14(24)21-22-15(25)8-1-3-9(20)4-2-8/h1-6H,7H2,(H,21,24)(H,22,25). The molecule has 138 valence electrons. The van der Waals surface area contributed by atoms with Crippen LogP contribution in [-0.4, -0.2) is 35.1 Å². The number of amides is 4. The first-order valence-electron chi connectivity index (χ1n) is 7.48. The fourth-order valence-corrected chi connectivity index (χ4v) is 2.74. The number of hydrogen-bond acceptors (Lipinski definition) is 4. The van der Waals surface area contributed by atoms with Crippen molar-refractivity contribution in [2.75, 3.05) is 6.54 Å². The van der Waals surface area contributed by atoms with E-state index in [0.29, 0.717) is 4.90 Å². The van der Waals surface area contributed by atoms with E-state index < -0.39 is 36.0 Å². The Balaban J connectivity index is 1.63. The average Bonchev–Trinajstić information content (AvgIpc) is 2.85. The van der Waals surface area contributed by atoms with E-state index in [4.69, 9.17) is 23.2 Å². The van der Waals surface area contributed by atoms with E-state index in [1.54, 1.807) is 0 Å². The maximum absolute atomic E-state index is 12.8. The maximum Gasteiger partial charge on any atom is 0.269 e. The molecule has 0 aliphatic carbocycles. The molecule has 0 bridgehead atoms. The molecule has 27 heavy (non-hydrogen) atoms. The molecule has 0 atom stereocenters. The third kappa shape index (κ3) is 3.76. The number of hydrazine groups is 1. The molecule has 0 fully saturated rings. The predicted molar refractivity (Wildman–Crippen MR) is 93.8 cm³/mol. The van der Waals surface area contributed by atoms with Crippen LogP contribution in [0.1, 0.15) is 31.1 Å². The van der Waals surface area contributed by atoms with Crippen LogP contribution in [0.4, 0.5) is 4.39 Å². The third-order valence-corrected chi connectivity index (χ3v) is 4.46. The van der Waals surface area contributed by atoms with Gasteiger partial charge in [-0.3, -0.25) is 34.9 Å². The fourth-order valence-electron chi connectivity index (χ4n) is 2.41. The zero-order valence-corrected chi connectivity index (χ0v) is 14.9. The molecular weight excluding hydrogens is 400 g/mol. The van der Waals surface area contributed by atoms with Gasteiger partial charge in [0.05, 0.1) is 21.2 Å². The first-order chi connectivity index (χ1) is 12.8. The molecule has 10 heteroatoms. The molecule has 0 saturated heterocycles. The van der Waals surface area contributed by atoms with E-state index in [-0.39, 0.29) is 26.7 Å². The van der Waals surface area contributed by atoms with E-state index in [9.17, 15) is 23.6 Å². The van der Waals surface area contributed by atoms with Crippen molar-refractivity contribution in [3.05, 3.63) is 69.0 Å². The molecule has 1 aliphatic rings. The molecule has 3 rings (SSSR count). The molecule has 0 spiro atoms. The number of nitrogens with one attached hydrogen (secondary N) is 2. The fraction of sp³-hybridized carbons (Fsp3) is 0.0588. The van der Waals surface area contributed by atoms with Gasteiger partial charge in [0.25, 0.3) is 23.6 Å². The maximum atomic E-state index is 12.8. The Morgan fingerprint density at radius 1 is 0.926 bits per heavy atom. The van der Waals surface area contributed by atoms with E-state index >= 15 is 0 Å². The van der Waals surface area contributed by atoms with Gasteiger partial charge in [0.2, 0.25) is 0 Å². The minimum atomic E-state index is -0.808. The summed E-state index contributed by atoms with van der Waals surface area (Å²) in [7, 11) is 0. The van der Waals surface area contributed by atoms with Crippen molar-refractivity contribution >= 4 is 46.8 Å². The molecule has 4 amide bonds. The number of rotatable bonds is 3. The van der Waals surface area contributed by atoms with Gasteiger partial charge in [-0.05, 0) is 36.4 Å². The van der Waals surface area contributed by atoms with Crippen LogP contribution in [0.2, 0.25) is 10.0 Å². The Morgan fingerprint density at radius 2 is 1.44 bits per heavy atom. The van der Waals surface area contributed by atoms with Gasteiger partial charge in [-0.2, -0.15) is 0 Å². The van der Waals surface area contributed by atoms with Gasteiger partial charge in [-0.15, -0.1) is 0 Å². The zero-order chi connectivity index (χ0) is 19.7. The van der Waals surface area contributed by atoms with Gasteiger partial charge >= 0.3 is 0 Å². The molecular formula is C17H10Cl2FN3O4. The van der Waals surface area contributed by atoms with Crippen LogP contribution < -0.4 is 10.9 Å². The van der Waals surface area contributed by atoms with Gasteiger partial charge < -0.3 is 0 Å².